The molecule has 0 saturated heterocycles. The average molecular weight is 380 g/mol. The largest absolute Gasteiger partial charge is 0.497 e. The van der Waals surface area contributed by atoms with E-state index in [1.807, 2.05) is 6.07 Å². The summed E-state index contributed by atoms with van der Waals surface area (Å²) in [6.07, 6.45) is -0.189. The lowest BCUT2D eigenvalue weighted by Gasteiger charge is -2.11. The van der Waals surface area contributed by atoms with Crippen LogP contribution in [-0.4, -0.2) is 30.3 Å². The summed E-state index contributed by atoms with van der Waals surface area (Å²) in [5.74, 6) is 0.234. The third-order valence-electron chi connectivity index (χ3n) is 3.92. The normalized spacial score (nSPS) is 10.9. The van der Waals surface area contributed by atoms with E-state index in [1.54, 1.807) is 38.5 Å². The second-order valence-corrected chi connectivity index (χ2v) is 6.27. The van der Waals surface area contributed by atoms with Crippen molar-refractivity contribution in [1.29, 1.82) is 0 Å². The predicted octanol–water partition coefficient (Wildman–Crippen LogP) is 4.79. The number of hydrogen-bond donors (Lipinski definition) is 2. The molecule has 0 aliphatic rings. The first-order chi connectivity index (χ1) is 11.9. The Morgan fingerprint density at radius 2 is 1.92 bits per heavy atom. The molecule has 1 aromatic heterocycles. The number of carbonyl (C=O) groups is 1. The average Bonchev–Trinajstić information content (AvgIpc) is 2.91. The first-order valence-electron chi connectivity index (χ1n) is 7.38. The third kappa shape index (κ3) is 3.25. The molecule has 0 fully saturated rings. The maximum Gasteiger partial charge on any atom is 0.307 e. The van der Waals surface area contributed by atoms with Gasteiger partial charge in [-0.1, -0.05) is 23.2 Å². The van der Waals surface area contributed by atoms with Gasteiger partial charge in [0, 0.05) is 27.6 Å². The highest BCUT2D eigenvalue weighted by Gasteiger charge is 2.21. The van der Waals surface area contributed by atoms with E-state index < -0.39 is 5.97 Å². The maximum atomic E-state index is 11.4. The molecule has 7 heteroatoms. The zero-order chi connectivity index (χ0) is 18.1. The summed E-state index contributed by atoms with van der Waals surface area (Å²) < 4.78 is 10.7. The summed E-state index contributed by atoms with van der Waals surface area (Å²) in [7, 11) is 3.11. The number of aliphatic carboxylic acids is 1. The summed E-state index contributed by atoms with van der Waals surface area (Å²) in [4.78, 5) is 14.6. The third-order valence-corrected chi connectivity index (χ3v) is 4.44. The van der Waals surface area contributed by atoms with E-state index in [9.17, 15) is 9.90 Å². The van der Waals surface area contributed by atoms with Gasteiger partial charge in [0.1, 0.15) is 11.5 Å². The van der Waals surface area contributed by atoms with Gasteiger partial charge in [0.2, 0.25) is 0 Å². The quantitative estimate of drug-likeness (QED) is 0.668. The van der Waals surface area contributed by atoms with E-state index in [-0.39, 0.29) is 6.42 Å². The first-order valence-corrected chi connectivity index (χ1v) is 8.14. The molecule has 3 aromatic rings. The smallest absolute Gasteiger partial charge is 0.307 e. The highest BCUT2D eigenvalue weighted by molar-refractivity contribution is 6.39. The van der Waals surface area contributed by atoms with Gasteiger partial charge in [0.05, 0.1) is 31.4 Å². The number of halogens is 2. The van der Waals surface area contributed by atoms with Gasteiger partial charge >= 0.3 is 5.97 Å². The molecule has 0 unspecified atom stereocenters. The van der Waals surface area contributed by atoms with Gasteiger partial charge in [0.25, 0.3) is 0 Å². The fraction of sp³-hybridized carbons (Fsp3) is 0.167. The van der Waals surface area contributed by atoms with Crippen molar-refractivity contribution in [3.8, 4) is 22.8 Å². The molecule has 130 valence electrons. The van der Waals surface area contributed by atoms with Gasteiger partial charge in [-0.2, -0.15) is 0 Å². The molecule has 2 N–H and O–H groups in total. The number of H-pyrrole nitrogens is 1. The molecular formula is C18H15Cl2NO4. The molecule has 0 amide bonds. The summed E-state index contributed by atoms with van der Waals surface area (Å²) in [6, 6.07) is 8.64. The number of aromatic amines is 1. The molecule has 1 heterocycles. The Hall–Kier alpha value is -2.37. The highest BCUT2D eigenvalue weighted by Crippen LogP contribution is 2.40. The number of carboxylic acid groups (broad SMARTS) is 1. The molecule has 0 bridgehead atoms. The molecule has 25 heavy (non-hydrogen) atoms. The molecule has 0 aliphatic heterocycles. The van der Waals surface area contributed by atoms with Crippen molar-refractivity contribution in [1.82, 2.24) is 4.98 Å². The Labute approximate surface area is 154 Å². The number of methoxy groups -OCH3 is 2. The van der Waals surface area contributed by atoms with Gasteiger partial charge < -0.3 is 19.6 Å². The molecule has 0 spiro atoms. The van der Waals surface area contributed by atoms with Crippen molar-refractivity contribution >= 4 is 40.1 Å². The molecule has 0 radical (unpaired) electrons. The molecule has 0 atom stereocenters. The maximum absolute atomic E-state index is 11.4. The zero-order valence-electron chi connectivity index (χ0n) is 13.5. The lowest BCUT2D eigenvalue weighted by atomic mass is 10.0. The van der Waals surface area contributed by atoms with Crippen molar-refractivity contribution in [3.63, 3.8) is 0 Å². The van der Waals surface area contributed by atoms with Crippen LogP contribution in [0.3, 0.4) is 0 Å². The van der Waals surface area contributed by atoms with Crippen LogP contribution in [0, 0.1) is 0 Å². The van der Waals surface area contributed by atoms with Crippen LogP contribution in [0.2, 0.25) is 10.0 Å². The minimum absolute atomic E-state index is 0.189. The number of carboxylic acids is 1. The Morgan fingerprint density at radius 1 is 1.16 bits per heavy atom. The van der Waals surface area contributed by atoms with E-state index in [4.69, 9.17) is 32.7 Å². The number of ether oxygens (including phenoxy) is 2. The Morgan fingerprint density at radius 3 is 2.56 bits per heavy atom. The Kier molecular flexibility index (Phi) is 4.79. The van der Waals surface area contributed by atoms with Crippen LogP contribution in [0.1, 0.15) is 5.56 Å². The number of rotatable bonds is 5. The number of nitrogens with one attached hydrogen (secondary N) is 1. The van der Waals surface area contributed by atoms with Gasteiger partial charge in [-0.05, 0) is 29.8 Å². The van der Waals surface area contributed by atoms with Crippen LogP contribution in [0.15, 0.2) is 30.3 Å². The summed E-state index contributed by atoms with van der Waals surface area (Å²) in [5, 5.41) is 10.8. The highest BCUT2D eigenvalue weighted by atomic mass is 35.5. The number of fused-ring (bicyclic) bond motifs is 1. The van der Waals surface area contributed by atoms with Crippen molar-refractivity contribution < 1.29 is 19.4 Å². The van der Waals surface area contributed by atoms with E-state index in [0.29, 0.717) is 49.3 Å². The van der Waals surface area contributed by atoms with Gasteiger partial charge in [-0.3, -0.25) is 4.79 Å². The van der Waals surface area contributed by atoms with Gasteiger partial charge in [-0.25, -0.2) is 0 Å². The second kappa shape index (κ2) is 6.86. The predicted molar refractivity (Wildman–Crippen MR) is 98.2 cm³/mol. The van der Waals surface area contributed by atoms with E-state index in [2.05, 4.69) is 4.98 Å². The van der Waals surface area contributed by atoms with Crippen LogP contribution >= 0.6 is 23.2 Å². The standard InChI is InChI=1S/C18H15Cl2NO4/c1-24-10-3-4-11(15(7-10)25-2)18-12(8-16(22)23)17-13(20)5-9(19)6-14(17)21-18/h3-7,21H,8H2,1-2H3,(H,22,23). The Balaban J connectivity index is 2.32. The lowest BCUT2D eigenvalue weighted by molar-refractivity contribution is -0.136. The zero-order valence-corrected chi connectivity index (χ0v) is 15.0. The summed E-state index contributed by atoms with van der Waals surface area (Å²) >= 11 is 12.4. The minimum atomic E-state index is -0.958. The second-order valence-electron chi connectivity index (χ2n) is 5.43. The summed E-state index contributed by atoms with van der Waals surface area (Å²) in [5.41, 5.74) is 2.58. The molecule has 5 nitrogen and oxygen atoms in total. The molecule has 2 aromatic carbocycles. The van der Waals surface area contributed by atoms with Crippen molar-refractivity contribution in [2.45, 2.75) is 6.42 Å². The van der Waals surface area contributed by atoms with Gasteiger partial charge in [0.15, 0.2) is 0 Å². The molecular weight excluding hydrogens is 365 g/mol. The van der Waals surface area contributed by atoms with Gasteiger partial charge in [-0.15, -0.1) is 0 Å². The van der Waals surface area contributed by atoms with Crippen LogP contribution in [0.5, 0.6) is 11.5 Å². The minimum Gasteiger partial charge on any atom is -0.497 e. The van der Waals surface area contributed by atoms with Crippen LogP contribution in [0.25, 0.3) is 22.2 Å². The van der Waals surface area contributed by atoms with Crippen LogP contribution < -0.4 is 9.47 Å². The number of benzene rings is 2. The molecule has 0 saturated carbocycles. The fourth-order valence-electron chi connectivity index (χ4n) is 2.88. The number of hydrogen-bond acceptors (Lipinski definition) is 3. The van der Waals surface area contributed by atoms with E-state index in [1.165, 1.54) is 0 Å². The van der Waals surface area contributed by atoms with E-state index >= 15 is 0 Å². The fourth-order valence-corrected chi connectivity index (χ4v) is 3.48. The monoisotopic (exact) mass is 379 g/mol. The first kappa shape index (κ1) is 17.5. The van der Waals surface area contributed by atoms with Crippen LogP contribution in [0.4, 0.5) is 0 Å². The van der Waals surface area contributed by atoms with Crippen molar-refractivity contribution in [2.24, 2.45) is 0 Å². The lowest BCUT2D eigenvalue weighted by Crippen LogP contribution is -2.01. The van der Waals surface area contributed by atoms with Crippen LogP contribution in [-0.2, 0) is 11.2 Å². The molecule has 3 rings (SSSR count). The number of aromatic nitrogens is 1. The summed E-state index contributed by atoms with van der Waals surface area (Å²) in [6.45, 7) is 0. The van der Waals surface area contributed by atoms with Crippen molar-refractivity contribution in [3.05, 3.63) is 45.9 Å². The Bertz CT molecular complexity index is 965. The van der Waals surface area contributed by atoms with Crippen molar-refractivity contribution in [2.75, 3.05) is 14.2 Å². The topological polar surface area (TPSA) is 71.6 Å². The molecule has 0 aliphatic carbocycles. The SMILES string of the molecule is COc1ccc(-c2[nH]c3cc(Cl)cc(Cl)c3c2CC(=O)O)c(OC)c1. The van der Waals surface area contributed by atoms with E-state index in [0.717, 1.165) is 0 Å².